The topological polar surface area (TPSA) is 43.2 Å². The third-order valence-electron chi connectivity index (χ3n) is 12.3. The van der Waals surface area contributed by atoms with Gasteiger partial charge in [-0.25, -0.2) is 0 Å². The minimum atomic E-state index is -1.57. The zero-order valence-corrected chi connectivity index (χ0v) is 38.5. The Bertz CT molecular complexity index is 781. The average molecular weight is 868 g/mol. The first-order valence-corrected chi connectivity index (χ1v) is 30.3. The van der Waals surface area contributed by atoms with Gasteiger partial charge in [0.1, 0.15) is 0 Å². The molecular formula is C38H76Br2N2NiO2Si2. The first-order chi connectivity index (χ1) is 22.6. The van der Waals surface area contributed by atoms with Gasteiger partial charge in [-0.2, -0.15) is 0 Å². The second-order valence-corrected chi connectivity index (χ2v) is 29.1. The molecule has 2 fully saturated rings. The van der Waals surface area contributed by atoms with E-state index in [2.05, 4.69) is 96.9 Å². The molecule has 9 heteroatoms. The van der Waals surface area contributed by atoms with Crippen LogP contribution in [0.3, 0.4) is 0 Å². The fourth-order valence-electron chi connectivity index (χ4n) is 7.89. The summed E-state index contributed by atoms with van der Waals surface area (Å²) in [6, 6.07) is 5.71. The number of hydrogen-bond donors (Lipinski definition) is 0. The molecule has 0 spiro atoms. The van der Waals surface area contributed by atoms with E-state index in [-0.39, 0.29) is 0 Å². The van der Waals surface area contributed by atoms with Gasteiger partial charge in [-0.1, -0.05) is 93.9 Å². The van der Waals surface area contributed by atoms with Crippen LogP contribution < -0.4 is 0 Å². The van der Waals surface area contributed by atoms with E-state index in [1.54, 1.807) is 0 Å². The number of halogens is 2. The van der Waals surface area contributed by atoms with Crippen LogP contribution in [0.2, 0.25) is 37.3 Å². The van der Waals surface area contributed by atoms with E-state index in [9.17, 15) is 0 Å². The quantitative estimate of drug-likeness (QED) is 0.0655. The summed E-state index contributed by atoms with van der Waals surface area (Å²) in [5.74, 6) is 2.84. The second-order valence-electron chi connectivity index (χ2n) is 14.9. The normalized spacial score (nSPS) is 26.3. The fraction of sp³-hybridized carbons (Fsp3) is 0.947. The van der Waals surface area contributed by atoms with Crippen LogP contribution in [0.25, 0.3) is 0 Å². The van der Waals surface area contributed by atoms with Gasteiger partial charge in [-0.15, -0.1) is 0 Å². The van der Waals surface area contributed by atoms with Gasteiger partial charge in [0.2, 0.25) is 0 Å². The van der Waals surface area contributed by atoms with Crippen LogP contribution in [0.4, 0.5) is 0 Å². The van der Waals surface area contributed by atoms with Crippen LogP contribution in [-0.2, 0) is 19.7 Å². The van der Waals surface area contributed by atoms with Gasteiger partial charge in [-0.05, 0) is 112 Å². The van der Waals surface area contributed by atoms with Crippen LogP contribution in [0, 0.1) is 23.7 Å². The molecule has 4 unspecified atom stereocenters. The van der Waals surface area contributed by atoms with Crippen LogP contribution in [-0.4, -0.2) is 53.4 Å². The number of hydrogen-bond acceptors (Lipinski definition) is 4. The summed E-state index contributed by atoms with van der Waals surface area (Å²) in [4.78, 5) is 11.7. The van der Waals surface area contributed by atoms with Gasteiger partial charge >= 0.3 is 39.3 Å². The monoisotopic (exact) mass is 864 g/mol. The Morgan fingerprint density at radius 1 is 0.574 bits per heavy atom. The summed E-state index contributed by atoms with van der Waals surface area (Å²) >= 11 is 6.00. The van der Waals surface area contributed by atoms with Crippen LogP contribution in [0.5, 0.6) is 0 Å². The van der Waals surface area contributed by atoms with E-state index in [0.29, 0.717) is 35.8 Å². The predicted molar refractivity (Wildman–Crippen MR) is 219 cm³/mol. The molecule has 0 aromatic carbocycles. The molecule has 0 heterocycles. The average Bonchev–Trinajstić information content (AvgIpc) is 3.10. The Kier molecular flexibility index (Phi) is 25.5. The minimum absolute atomic E-state index is 0.452. The van der Waals surface area contributed by atoms with Crippen molar-refractivity contribution in [1.82, 2.24) is 0 Å². The molecule has 2 aliphatic carbocycles. The van der Waals surface area contributed by atoms with Gasteiger partial charge in [0.15, 0.2) is 16.6 Å². The summed E-state index contributed by atoms with van der Waals surface area (Å²) in [6.07, 6.45) is 17.2. The van der Waals surface area contributed by atoms with Crippen molar-refractivity contribution >= 4 is 56.5 Å². The molecule has 4 nitrogen and oxygen atoms in total. The van der Waals surface area contributed by atoms with Crippen molar-refractivity contribution in [2.45, 2.75) is 195 Å². The first-order valence-electron chi connectivity index (χ1n) is 19.8. The molecule has 0 aromatic rings. The van der Waals surface area contributed by atoms with E-state index < -0.39 is 16.6 Å². The molecule has 0 bridgehead atoms. The summed E-state index contributed by atoms with van der Waals surface area (Å²) < 4.78 is 13.3. The first kappa shape index (κ1) is 46.2. The van der Waals surface area contributed by atoms with E-state index in [0.717, 1.165) is 38.9 Å². The Hall–Kier alpha value is 1.15. The van der Waals surface area contributed by atoms with Crippen molar-refractivity contribution in [3.8, 4) is 0 Å². The molecule has 282 valence electrons. The maximum atomic E-state index is 6.64. The number of nitrogens with zero attached hydrogens (tertiary/aromatic N) is 2. The molecule has 0 aliphatic heterocycles. The van der Waals surface area contributed by atoms with Crippen LogP contribution in [0.1, 0.15) is 145 Å². The molecular weight excluding hydrogens is 791 g/mol. The van der Waals surface area contributed by atoms with Crippen molar-refractivity contribution < 1.29 is 19.7 Å². The number of rotatable bonds is 21. The number of aliphatic imine (C=N–C) groups is 2. The molecule has 2 rings (SSSR count). The van der Waals surface area contributed by atoms with Crippen LogP contribution in [0.15, 0.2) is 9.98 Å². The standard InChI is InChI=1S/C38H76N2O2Si2.2BrH.Ni/c1-11-31-23-19-24-32(12-2)37(31)39-35(27-21-29-41-43(9,15-5)16-6)36(28-22-30-42-44(10,17-7)18-8)40-38-33(13-3)25-20-26-34(38)14-4;;;/h31-34,37-38H,11-30H2,1-10H3;2*1H;/q;;;+2/p-2. The Morgan fingerprint density at radius 2 is 0.851 bits per heavy atom. The van der Waals surface area contributed by atoms with E-state index in [4.69, 9.17) is 18.8 Å². The van der Waals surface area contributed by atoms with Gasteiger partial charge in [0.25, 0.3) is 0 Å². The van der Waals surface area contributed by atoms with Crippen molar-refractivity contribution in [3.05, 3.63) is 0 Å². The van der Waals surface area contributed by atoms with Gasteiger partial charge in [0, 0.05) is 13.2 Å². The maximum absolute atomic E-state index is 6.64. The molecule has 0 radical (unpaired) electrons. The van der Waals surface area contributed by atoms with Gasteiger partial charge in [0.05, 0.1) is 23.5 Å². The van der Waals surface area contributed by atoms with E-state index >= 15 is 0 Å². The fourth-order valence-corrected chi connectivity index (χ4v) is 11.0. The molecule has 4 atom stereocenters. The molecule has 2 saturated carbocycles. The van der Waals surface area contributed by atoms with E-state index in [1.165, 1.54) is 111 Å². The van der Waals surface area contributed by atoms with Crippen molar-refractivity contribution in [3.63, 3.8) is 0 Å². The Morgan fingerprint density at radius 3 is 1.09 bits per heavy atom. The predicted octanol–water partition coefficient (Wildman–Crippen LogP) is 13.6. The SMILES string of the molecule is CCC1CCCC(CC)C1N=C(CCCO[Si](C)(CC)CC)C(CCCO[Si](C)(CC)CC)=NC1C(CC)CCCC1CC.[Br][Ni][Br]. The third kappa shape index (κ3) is 16.1. The summed E-state index contributed by atoms with van der Waals surface area (Å²) in [5, 5.41) is 0. The van der Waals surface area contributed by atoms with E-state index in [1.807, 2.05) is 0 Å². The summed E-state index contributed by atoms with van der Waals surface area (Å²) in [7, 11) is -1.89. The Labute approximate surface area is 315 Å². The van der Waals surface area contributed by atoms with Crippen LogP contribution >= 0.6 is 28.5 Å². The van der Waals surface area contributed by atoms with Gasteiger partial charge in [-0.3, -0.25) is 9.98 Å². The summed E-state index contributed by atoms with van der Waals surface area (Å²) in [5.41, 5.74) is 2.69. The zero-order valence-electron chi connectivity index (χ0n) is 32.4. The molecule has 0 saturated heterocycles. The zero-order chi connectivity index (χ0) is 35.3. The second kappa shape index (κ2) is 26.0. The Balaban J connectivity index is 0.00000354. The van der Waals surface area contributed by atoms with Gasteiger partial charge < -0.3 is 8.85 Å². The van der Waals surface area contributed by atoms with Crippen molar-refractivity contribution in [1.29, 1.82) is 0 Å². The molecule has 0 amide bonds. The molecule has 47 heavy (non-hydrogen) atoms. The molecule has 0 N–H and O–H groups in total. The third-order valence-corrected chi connectivity index (χ3v) is 20.1. The molecule has 0 aromatic heterocycles. The van der Waals surface area contributed by atoms with Crippen molar-refractivity contribution in [2.24, 2.45) is 33.7 Å². The van der Waals surface area contributed by atoms with Crippen molar-refractivity contribution in [2.75, 3.05) is 13.2 Å². The summed E-state index contributed by atoms with van der Waals surface area (Å²) in [6.45, 7) is 25.4. The molecule has 2 aliphatic rings.